The summed E-state index contributed by atoms with van der Waals surface area (Å²) in [4.78, 5) is 3.42. The number of thiophene rings is 1. The highest BCUT2D eigenvalue weighted by Gasteiger charge is 2.20. The molecular weight excluding hydrogens is 348 g/mol. The molecule has 0 radical (unpaired) electrons. The molecule has 1 aromatic carbocycles. The van der Waals surface area contributed by atoms with Gasteiger partial charge in [0.1, 0.15) is 0 Å². The van der Waals surface area contributed by atoms with E-state index in [1.807, 2.05) is 25.1 Å². The molecule has 1 N–H and O–H groups in total. The largest absolute Gasteiger partial charge is 0.383 e. The Balaban J connectivity index is 2.17. The van der Waals surface area contributed by atoms with Gasteiger partial charge in [0.15, 0.2) is 5.11 Å². The zero-order chi connectivity index (χ0) is 16.8. The van der Waals surface area contributed by atoms with Gasteiger partial charge in [-0.3, -0.25) is 0 Å². The molecule has 0 saturated carbocycles. The third kappa shape index (κ3) is 4.91. The van der Waals surface area contributed by atoms with E-state index in [-0.39, 0.29) is 6.04 Å². The lowest BCUT2D eigenvalue weighted by Gasteiger charge is -2.31. The number of methoxy groups -OCH3 is 1. The first-order valence-corrected chi connectivity index (χ1v) is 9.05. The minimum Gasteiger partial charge on any atom is -0.383 e. The first-order chi connectivity index (χ1) is 11.0. The van der Waals surface area contributed by atoms with Gasteiger partial charge in [0.2, 0.25) is 0 Å². The second-order valence-electron chi connectivity index (χ2n) is 5.27. The Bertz CT molecular complexity index is 646. The SMILES string of the molecule is COCCN(C(=S)Nc1cc(Cl)ccc1C)[C@@H](C)c1cccs1. The third-order valence-corrected chi connectivity index (χ3v) is 5.28. The highest BCUT2D eigenvalue weighted by Crippen LogP contribution is 2.26. The second-order valence-corrected chi connectivity index (χ2v) is 7.07. The number of anilines is 1. The smallest absolute Gasteiger partial charge is 0.174 e. The molecule has 0 bridgehead atoms. The maximum atomic E-state index is 6.09. The number of hydrogen-bond acceptors (Lipinski definition) is 3. The van der Waals surface area contributed by atoms with Crippen LogP contribution < -0.4 is 5.32 Å². The molecule has 1 atom stereocenters. The van der Waals surface area contributed by atoms with Crippen molar-refractivity contribution in [2.24, 2.45) is 0 Å². The predicted octanol–water partition coefficient (Wildman–Crippen LogP) is 5.12. The number of aryl methyl sites for hydroxylation is 1. The van der Waals surface area contributed by atoms with Crippen LogP contribution in [-0.2, 0) is 4.74 Å². The van der Waals surface area contributed by atoms with Crippen LogP contribution in [0.1, 0.15) is 23.4 Å². The zero-order valence-electron chi connectivity index (χ0n) is 13.5. The molecule has 3 nitrogen and oxygen atoms in total. The van der Waals surface area contributed by atoms with E-state index in [0.29, 0.717) is 16.7 Å². The highest BCUT2D eigenvalue weighted by atomic mass is 35.5. The van der Waals surface area contributed by atoms with E-state index in [4.69, 9.17) is 28.6 Å². The summed E-state index contributed by atoms with van der Waals surface area (Å²) in [7, 11) is 1.70. The lowest BCUT2D eigenvalue weighted by Crippen LogP contribution is -2.39. The molecule has 0 amide bonds. The van der Waals surface area contributed by atoms with Crippen molar-refractivity contribution in [1.82, 2.24) is 4.90 Å². The number of thiocarbonyl (C=S) groups is 1. The Hall–Kier alpha value is -1.14. The summed E-state index contributed by atoms with van der Waals surface area (Å²) in [6.45, 7) is 5.52. The molecule has 0 unspecified atom stereocenters. The van der Waals surface area contributed by atoms with Gasteiger partial charge in [0.05, 0.1) is 12.6 Å². The summed E-state index contributed by atoms with van der Waals surface area (Å²) in [6, 6.07) is 10.1. The van der Waals surface area contributed by atoms with Gasteiger partial charge >= 0.3 is 0 Å². The third-order valence-electron chi connectivity index (χ3n) is 3.66. The molecule has 124 valence electrons. The summed E-state index contributed by atoms with van der Waals surface area (Å²) < 4.78 is 5.24. The van der Waals surface area contributed by atoms with Crippen molar-refractivity contribution < 1.29 is 4.74 Å². The molecular formula is C17H21ClN2OS2. The van der Waals surface area contributed by atoms with Gasteiger partial charge in [0.25, 0.3) is 0 Å². The Kier molecular flexibility index (Phi) is 6.84. The quantitative estimate of drug-likeness (QED) is 0.715. The van der Waals surface area contributed by atoms with E-state index in [2.05, 4.69) is 34.7 Å². The Morgan fingerprint density at radius 2 is 2.22 bits per heavy atom. The second kappa shape index (κ2) is 8.64. The highest BCUT2D eigenvalue weighted by molar-refractivity contribution is 7.80. The van der Waals surface area contributed by atoms with Gasteiger partial charge in [-0.1, -0.05) is 23.7 Å². The van der Waals surface area contributed by atoms with Crippen LogP contribution in [0.4, 0.5) is 5.69 Å². The zero-order valence-corrected chi connectivity index (χ0v) is 15.9. The average Bonchev–Trinajstić information content (AvgIpc) is 3.05. The summed E-state index contributed by atoms with van der Waals surface area (Å²) >= 11 is 13.5. The molecule has 0 aliphatic rings. The minimum atomic E-state index is 0.185. The van der Waals surface area contributed by atoms with Gasteiger partial charge in [-0.15, -0.1) is 11.3 Å². The molecule has 0 aliphatic heterocycles. The van der Waals surface area contributed by atoms with Crippen molar-refractivity contribution >= 4 is 46.0 Å². The molecule has 0 fully saturated rings. The summed E-state index contributed by atoms with van der Waals surface area (Å²) in [5.41, 5.74) is 2.04. The van der Waals surface area contributed by atoms with Gasteiger partial charge in [-0.2, -0.15) is 0 Å². The van der Waals surface area contributed by atoms with E-state index >= 15 is 0 Å². The number of benzene rings is 1. The Morgan fingerprint density at radius 3 is 2.87 bits per heavy atom. The Labute approximate surface area is 152 Å². The van der Waals surface area contributed by atoms with E-state index in [9.17, 15) is 0 Å². The van der Waals surface area contributed by atoms with Crippen molar-refractivity contribution in [3.8, 4) is 0 Å². The van der Waals surface area contributed by atoms with Crippen LogP contribution in [0.5, 0.6) is 0 Å². The number of halogens is 1. The van der Waals surface area contributed by atoms with E-state index in [1.165, 1.54) is 4.88 Å². The van der Waals surface area contributed by atoms with Gasteiger partial charge in [-0.25, -0.2) is 0 Å². The van der Waals surface area contributed by atoms with E-state index in [0.717, 1.165) is 17.8 Å². The lowest BCUT2D eigenvalue weighted by atomic mass is 10.2. The summed E-state index contributed by atoms with van der Waals surface area (Å²) in [5, 5.41) is 6.77. The van der Waals surface area contributed by atoms with Crippen LogP contribution in [0, 0.1) is 6.92 Å². The fraction of sp³-hybridized carbons (Fsp3) is 0.353. The first-order valence-electron chi connectivity index (χ1n) is 7.39. The summed E-state index contributed by atoms with van der Waals surface area (Å²) in [6.07, 6.45) is 0. The molecule has 0 spiro atoms. The van der Waals surface area contributed by atoms with Gasteiger partial charge in [0, 0.05) is 29.2 Å². The predicted molar refractivity (Wildman–Crippen MR) is 104 cm³/mol. The van der Waals surface area contributed by atoms with Crippen LogP contribution in [-0.4, -0.2) is 30.3 Å². The number of rotatable bonds is 6. The Morgan fingerprint density at radius 1 is 1.43 bits per heavy atom. The van der Waals surface area contributed by atoms with Gasteiger partial charge < -0.3 is 15.0 Å². The van der Waals surface area contributed by atoms with Crippen LogP contribution in [0.25, 0.3) is 0 Å². The van der Waals surface area contributed by atoms with Crippen molar-refractivity contribution in [3.05, 3.63) is 51.2 Å². The van der Waals surface area contributed by atoms with E-state index < -0.39 is 0 Å². The number of nitrogens with zero attached hydrogens (tertiary/aromatic N) is 1. The summed E-state index contributed by atoms with van der Waals surface area (Å²) in [5.74, 6) is 0. The molecule has 1 heterocycles. The fourth-order valence-electron chi connectivity index (χ4n) is 2.26. The molecule has 1 aromatic heterocycles. The van der Waals surface area contributed by atoms with Crippen LogP contribution in [0.15, 0.2) is 35.7 Å². The van der Waals surface area contributed by atoms with Crippen molar-refractivity contribution in [2.45, 2.75) is 19.9 Å². The number of ether oxygens (including phenoxy) is 1. The molecule has 2 aromatic rings. The fourth-order valence-corrected chi connectivity index (χ4v) is 3.59. The number of hydrogen-bond donors (Lipinski definition) is 1. The standard InChI is InChI=1S/C17H21ClN2OS2/c1-12-6-7-14(18)11-15(12)19-17(22)20(8-9-21-3)13(2)16-5-4-10-23-16/h4-7,10-11,13H,8-9H2,1-3H3,(H,19,22)/t13-/m0/s1. The van der Waals surface area contributed by atoms with Gasteiger partial charge in [-0.05, 0) is 55.2 Å². The molecule has 23 heavy (non-hydrogen) atoms. The molecule has 2 rings (SSSR count). The normalized spacial score (nSPS) is 12.0. The molecule has 0 aliphatic carbocycles. The maximum absolute atomic E-state index is 6.09. The first kappa shape index (κ1) is 18.2. The maximum Gasteiger partial charge on any atom is 0.174 e. The van der Waals surface area contributed by atoms with Crippen LogP contribution >= 0.6 is 35.2 Å². The monoisotopic (exact) mass is 368 g/mol. The number of nitrogens with one attached hydrogen (secondary N) is 1. The molecule has 6 heteroatoms. The van der Waals surface area contributed by atoms with E-state index in [1.54, 1.807) is 18.4 Å². The minimum absolute atomic E-state index is 0.185. The van der Waals surface area contributed by atoms with Crippen LogP contribution in [0.3, 0.4) is 0 Å². The topological polar surface area (TPSA) is 24.5 Å². The van der Waals surface area contributed by atoms with Crippen molar-refractivity contribution in [3.63, 3.8) is 0 Å². The van der Waals surface area contributed by atoms with Crippen molar-refractivity contribution in [1.29, 1.82) is 0 Å². The average molecular weight is 369 g/mol. The lowest BCUT2D eigenvalue weighted by molar-refractivity contribution is 0.166. The van der Waals surface area contributed by atoms with Crippen molar-refractivity contribution in [2.75, 3.05) is 25.6 Å². The molecule has 0 saturated heterocycles. The van der Waals surface area contributed by atoms with Crippen LogP contribution in [0.2, 0.25) is 5.02 Å².